The molecule has 0 radical (unpaired) electrons. The third kappa shape index (κ3) is 4.00. The summed E-state index contributed by atoms with van der Waals surface area (Å²) in [6, 6.07) is 9.84. The van der Waals surface area contributed by atoms with Gasteiger partial charge in [0.05, 0.1) is 12.7 Å². The minimum atomic E-state index is 0.268. The van der Waals surface area contributed by atoms with Crippen LogP contribution in [0.1, 0.15) is 38.5 Å². The van der Waals surface area contributed by atoms with Crippen LogP contribution in [0.15, 0.2) is 30.3 Å². The van der Waals surface area contributed by atoms with Crippen molar-refractivity contribution in [3.05, 3.63) is 30.3 Å². The SMILES string of the molecule is O=C(C1C2CCCCC21)N1CCC(OCCOc2ccccc2)CC1. The number of nitrogens with zero attached hydrogens (tertiary/aromatic N) is 1. The van der Waals surface area contributed by atoms with Crippen molar-refractivity contribution in [2.24, 2.45) is 17.8 Å². The van der Waals surface area contributed by atoms with Gasteiger partial charge in [0.25, 0.3) is 0 Å². The fraction of sp³-hybridized carbons (Fsp3) is 0.667. The van der Waals surface area contributed by atoms with Gasteiger partial charge in [0.1, 0.15) is 12.4 Å². The molecule has 25 heavy (non-hydrogen) atoms. The molecular formula is C21H29NO3. The van der Waals surface area contributed by atoms with E-state index >= 15 is 0 Å². The number of ether oxygens (including phenoxy) is 2. The second-order valence-corrected chi connectivity index (χ2v) is 7.69. The first kappa shape index (κ1) is 16.9. The molecule has 3 fully saturated rings. The molecule has 0 bridgehead atoms. The van der Waals surface area contributed by atoms with Crippen LogP contribution in [0.3, 0.4) is 0 Å². The van der Waals surface area contributed by atoms with E-state index in [4.69, 9.17) is 9.47 Å². The van der Waals surface area contributed by atoms with E-state index in [1.807, 2.05) is 30.3 Å². The molecule has 2 unspecified atom stereocenters. The average molecular weight is 343 g/mol. The van der Waals surface area contributed by atoms with Gasteiger partial charge >= 0.3 is 0 Å². The number of para-hydroxylation sites is 1. The molecule has 1 amide bonds. The molecule has 1 heterocycles. The van der Waals surface area contributed by atoms with E-state index in [0.29, 0.717) is 36.9 Å². The van der Waals surface area contributed by atoms with Gasteiger partial charge in [-0.3, -0.25) is 4.79 Å². The van der Waals surface area contributed by atoms with Gasteiger partial charge in [-0.25, -0.2) is 0 Å². The zero-order valence-electron chi connectivity index (χ0n) is 14.9. The Labute approximate surface area is 150 Å². The highest BCUT2D eigenvalue weighted by molar-refractivity contribution is 5.82. The van der Waals surface area contributed by atoms with Crippen LogP contribution in [0.5, 0.6) is 5.75 Å². The molecule has 4 nitrogen and oxygen atoms in total. The molecule has 3 aliphatic rings. The third-order valence-corrected chi connectivity index (χ3v) is 6.14. The first-order valence-corrected chi connectivity index (χ1v) is 9.91. The summed E-state index contributed by atoms with van der Waals surface area (Å²) in [5.74, 6) is 3.11. The summed E-state index contributed by atoms with van der Waals surface area (Å²) in [5, 5.41) is 0. The first-order chi connectivity index (χ1) is 12.3. The number of piperidine rings is 1. The Hall–Kier alpha value is -1.55. The van der Waals surface area contributed by atoms with Crippen LogP contribution in [0.4, 0.5) is 0 Å². The van der Waals surface area contributed by atoms with Crippen LogP contribution in [-0.4, -0.2) is 43.2 Å². The Bertz CT molecular complexity index is 556. The Morgan fingerprint density at radius 2 is 1.64 bits per heavy atom. The molecular weight excluding hydrogens is 314 g/mol. The number of carbonyl (C=O) groups excluding carboxylic acids is 1. The highest BCUT2D eigenvalue weighted by Gasteiger charge is 2.55. The molecule has 1 aromatic rings. The lowest BCUT2D eigenvalue weighted by Gasteiger charge is -2.32. The molecule has 4 rings (SSSR count). The van der Waals surface area contributed by atoms with E-state index in [1.165, 1.54) is 25.7 Å². The monoisotopic (exact) mass is 343 g/mol. The second kappa shape index (κ2) is 7.77. The number of hydrogen-bond acceptors (Lipinski definition) is 3. The second-order valence-electron chi connectivity index (χ2n) is 7.69. The molecule has 0 aromatic heterocycles. The number of likely N-dealkylation sites (tertiary alicyclic amines) is 1. The lowest BCUT2D eigenvalue weighted by molar-refractivity contribution is -0.136. The number of hydrogen-bond donors (Lipinski definition) is 0. The normalized spacial score (nSPS) is 29.1. The first-order valence-electron chi connectivity index (χ1n) is 9.91. The van der Waals surface area contributed by atoms with Crippen LogP contribution >= 0.6 is 0 Å². The molecule has 0 spiro atoms. The summed E-state index contributed by atoms with van der Waals surface area (Å²) >= 11 is 0. The van der Waals surface area contributed by atoms with E-state index in [1.54, 1.807) is 0 Å². The van der Waals surface area contributed by atoms with E-state index in [-0.39, 0.29) is 6.10 Å². The zero-order valence-corrected chi connectivity index (χ0v) is 14.9. The highest BCUT2D eigenvalue weighted by Crippen LogP contribution is 2.56. The van der Waals surface area contributed by atoms with Crippen molar-refractivity contribution in [2.45, 2.75) is 44.6 Å². The summed E-state index contributed by atoms with van der Waals surface area (Å²) < 4.78 is 11.6. The fourth-order valence-electron chi connectivity index (χ4n) is 4.70. The van der Waals surface area contributed by atoms with Crippen LogP contribution in [0, 0.1) is 17.8 Å². The van der Waals surface area contributed by atoms with Gasteiger partial charge in [0.2, 0.25) is 5.91 Å². The van der Waals surface area contributed by atoms with Gasteiger partial charge in [0.15, 0.2) is 0 Å². The number of benzene rings is 1. The molecule has 2 saturated carbocycles. The Balaban J connectivity index is 1.13. The molecule has 2 aliphatic carbocycles. The fourth-order valence-corrected chi connectivity index (χ4v) is 4.70. The maximum atomic E-state index is 12.7. The van der Waals surface area contributed by atoms with Gasteiger partial charge in [-0.2, -0.15) is 0 Å². The lowest BCUT2D eigenvalue weighted by atomic mass is 10.0. The number of carbonyl (C=O) groups is 1. The topological polar surface area (TPSA) is 38.8 Å². The number of fused-ring (bicyclic) bond motifs is 1. The minimum Gasteiger partial charge on any atom is -0.491 e. The Morgan fingerprint density at radius 3 is 2.32 bits per heavy atom. The van der Waals surface area contributed by atoms with E-state index in [0.717, 1.165) is 31.7 Å². The van der Waals surface area contributed by atoms with Crippen LogP contribution in [0.2, 0.25) is 0 Å². The average Bonchev–Trinajstić information content (AvgIpc) is 3.40. The quantitative estimate of drug-likeness (QED) is 0.742. The van der Waals surface area contributed by atoms with Crippen LogP contribution in [0.25, 0.3) is 0 Å². The van der Waals surface area contributed by atoms with Gasteiger partial charge in [-0.15, -0.1) is 0 Å². The van der Waals surface area contributed by atoms with Crippen molar-refractivity contribution in [1.29, 1.82) is 0 Å². The van der Waals surface area contributed by atoms with Crippen molar-refractivity contribution < 1.29 is 14.3 Å². The summed E-state index contributed by atoms with van der Waals surface area (Å²) in [7, 11) is 0. The standard InChI is InChI=1S/C21H29NO3/c23-21(20-18-8-4-5-9-19(18)20)22-12-10-17(11-13-22)25-15-14-24-16-6-2-1-3-7-16/h1-3,6-7,17-20H,4-5,8-15H2. The maximum Gasteiger partial charge on any atom is 0.226 e. The molecule has 4 heteroatoms. The van der Waals surface area contributed by atoms with Gasteiger partial charge in [-0.1, -0.05) is 31.0 Å². The summed E-state index contributed by atoms with van der Waals surface area (Å²) in [6.07, 6.45) is 7.39. The summed E-state index contributed by atoms with van der Waals surface area (Å²) in [4.78, 5) is 14.8. The third-order valence-electron chi connectivity index (χ3n) is 6.14. The number of amides is 1. The molecule has 0 N–H and O–H groups in total. The minimum absolute atomic E-state index is 0.268. The van der Waals surface area contributed by atoms with E-state index < -0.39 is 0 Å². The molecule has 1 aliphatic heterocycles. The Kier molecular flexibility index (Phi) is 5.25. The maximum absolute atomic E-state index is 12.7. The summed E-state index contributed by atoms with van der Waals surface area (Å²) in [6.45, 7) is 2.91. The smallest absolute Gasteiger partial charge is 0.226 e. The van der Waals surface area contributed by atoms with Crippen molar-refractivity contribution in [3.8, 4) is 5.75 Å². The van der Waals surface area contributed by atoms with Crippen LogP contribution in [-0.2, 0) is 9.53 Å². The molecule has 136 valence electrons. The van der Waals surface area contributed by atoms with Gasteiger partial charge in [0, 0.05) is 19.0 Å². The lowest BCUT2D eigenvalue weighted by Crippen LogP contribution is -2.42. The van der Waals surface area contributed by atoms with Crippen molar-refractivity contribution in [3.63, 3.8) is 0 Å². The predicted molar refractivity (Wildman–Crippen MR) is 96.4 cm³/mol. The number of rotatable bonds is 6. The molecule has 2 atom stereocenters. The molecule has 1 aromatic carbocycles. The Morgan fingerprint density at radius 1 is 0.960 bits per heavy atom. The largest absolute Gasteiger partial charge is 0.491 e. The van der Waals surface area contributed by atoms with Crippen molar-refractivity contribution in [1.82, 2.24) is 4.90 Å². The van der Waals surface area contributed by atoms with Crippen LogP contribution < -0.4 is 4.74 Å². The van der Waals surface area contributed by atoms with Crippen molar-refractivity contribution in [2.75, 3.05) is 26.3 Å². The van der Waals surface area contributed by atoms with Gasteiger partial charge in [-0.05, 0) is 49.7 Å². The van der Waals surface area contributed by atoms with Gasteiger partial charge < -0.3 is 14.4 Å². The molecule has 1 saturated heterocycles. The zero-order chi connectivity index (χ0) is 17.1. The van der Waals surface area contributed by atoms with Crippen molar-refractivity contribution >= 4 is 5.91 Å². The van der Waals surface area contributed by atoms with E-state index in [2.05, 4.69) is 4.90 Å². The highest BCUT2D eigenvalue weighted by atomic mass is 16.5. The predicted octanol–water partition coefficient (Wildman–Crippen LogP) is 3.51. The van der Waals surface area contributed by atoms with E-state index in [9.17, 15) is 4.79 Å². The summed E-state index contributed by atoms with van der Waals surface area (Å²) in [5.41, 5.74) is 0.